The lowest BCUT2D eigenvalue weighted by Crippen LogP contribution is -2.32. The molecule has 0 radical (unpaired) electrons. The summed E-state index contributed by atoms with van der Waals surface area (Å²) < 4.78 is 52.6. The van der Waals surface area contributed by atoms with E-state index in [0.29, 0.717) is 12.5 Å². The molecule has 1 atom stereocenters. The summed E-state index contributed by atoms with van der Waals surface area (Å²) in [5.41, 5.74) is 0. The first-order valence-corrected chi connectivity index (χ1v) is 5.31. The van der Waals surface area contributed by atoms with Crippen LogP contribution in [0.4, 0.5) is 17.6 Å². The Morgan fingerprint density at radius 2 is 1.88 bits per heavy atom. The SMILES string of the molecule is CNC(C)CCCCOCC(F)(F)C(F)F. The molecular weight excluding hydrogens is 226 g/mol. The van der Waals surface area contributed by atoms with Gasteiger partial charge >= 0.3 is 12.3 Å². The molecule has 0 spiro atoms. The van der Waals surface area contributed by atoms with Crippen molar-refractivity contribution in [3.05, 3.63) is 0 Å². The standard InChI is InChI=1S/C10H19F4NO/c1-8(15-2)5-3-4-6-16-7-10(13,14)9(11)12/h8-9,15H,3-7H2,1-2H3. The first kappa shape index (κ1) is 15.6. The number of hydrogen-bond acceptors (Lipinski definition) is 2. The summed E-state index contributed by atoms with van der Waals surface area (Å²) in [5, 5.41) is 3.04. The highest BCUT2D eigenvalue weighted by Gasteiger charge is 2.40. The third kappa shape index (κ3) is 7.00. The summed E-state index contributed by atoms with van der Waals surface area (Å²) in [6, 6.07) is 0.363. The molecular formula is C10H19F4NO. The van der Waals surface area contributed by atoms with Gasteiger partial charge in [-0.1, -0.05) is 0 Å². The smallest absolute Gasteiger partial charge is 0.330 e. The molecule has 1 unspecified atom stereocenters. The van der Waals surface area contributed by atoms with Gasteiger partial charge in [0.2, 0.25) is 0 Å². The predicted octanol–water partition coefficient (Wildman–Crippen LogP) is 2.68. The molecule has 0 aromatic carbocycles. The highest BCUT2D eigenvalue weighted by atomic mass is 19.3. The zero-order chi connectivity index (χ0) is 12.6. The molecule has 2 nitrogen and oxygen atoms in total. The predicted molar refractivity (Wildman–Crippen MR) is 54.1 cm³/mol. The van der Waals surface area contributed by atoms with Crippen molar-refractivity contribution in [2.45, 2.75) is 44.6 Å². The van der Waals surface area contributed by atoms with E-state index in [9.17, 15) is 17.6 Å². The maximum atomic E-state index is 12.4. The van der Waals surface area contributed by atoms with Gasteiger partial charge in [0, 0.05) is 12.6 Å². The first-order chi connectivity index (χ1) is 7.40. The molecule has 0 aliphatic rings. The molecule has 16 heavy (non-hydrogen) atoms. The molecule has 0 bridgehead atoms. The van der Waals surface area contributed by atoms with Gasteiger partial charge in [0.15, 0.2) is 0 Å². The van der Waals surface area contributed by atoms with Gasteiger partial charge in [-0.2, -0.15) is 8.78 Å². The second-order valence-corrected chi connectivity index (χ2v) is 3.80. The monoisotopic (exact) mass is 245 g/mol. The molecule has 0 rings (SSSR count). The number of hydrogen-bond donors (Lipinski definition) is 1. The largest absolute Gasteiger partial charge is 0.375 e. The quantitative estimate of drug-likeness (QED) is 0.498. The van der Waals surface area contributed by atoms with Crippen LogP contribution in [-0.4, -0.2) is 38.7 Å². The Morgan fingerprint density at radius 1 is 1.25 bits per heavy atom. The average Bonchev–Trinajstić information content (AvgIpc) is 2.22. The highest BCUT2D eigenvalue weighted by Crippen LogP contribution is 2.22. The van der Waals surface area contributed by atoms with E-state index in [1.165, 1.54) is 0 Å². The number of alkyl halides is 4. The number of halogens is 4. The third-order valence-corrected chi connectivity index (χ3v) is 2.28. The molecule has 1 N–H and O–H groups in total. The van der Waals surface area contributed by atoms with Gasteiger partial charge in [-0.15, -0.1) is 0 Å². The minimum absolute atomic E-state index is 0.0960. The van der Waals surface area contributed by atoms with E-state index >= 15 is 0 Å². The molecule has 0 aliphatic carbocycles. The van der Waals surface area contributed by atoms with Crippen LogP contribution in [0.1, 0.15) is 26.2 Å². The van der Waals surface area contributed by atoms with Gasteiger partial charge in [-0.05, 0) is 33.2 Å². The Kier molecular flexibility index (Phi) is 7.66. The fourth-order valence-corrected chi connectivity index (χ4v) is 1.07. The van der Waals surface area contributed by atoms with Gasteiger partial charge in [0.1, 0.15) is 6.61 Å². The molecule has 0 amide bonds. The highest BCUT2D eigenvalue weighted by molar-refractivity contribution is 4.67. The Labute approximate surface area is 93.3 Å². The van der Waals surface area contributed by atoms with Crippen LogP contribution in [0.5, 0.6) is 0 Å². The number of rotatable bonds is 9. The molecule has 98 valence electrons. The third-order valence-electron chi connectivity index (χ3n) is 2.28. The lowest BCUT2D eigenvalue weighted by molar-refractivity contribution is -0.165. The zero-order valence-electron chi connectivity index (χ0n) is 9.61. The molecule has 0 saturated heterocycles. The molecule has 0 fully saturated rings. The van der Waals surface area contributed by atoms with Gasteiger partial charge in [0.25, 0.3) is 0 Å². The lowest BCUT2D eigenvalue weighted by atomic mass is 10.1. The average molecular weight is 245 g/mol. The van der Waals surface area contributed by atoms with E-state index in [2.05, 4.69) is 10.1 Å². The maximum Gasteiger partial charge on any atom is 0.330 e. The molecule has 0 aliphatic heterocycles. The summed E-state index contributed by atoms with van der Waals surface area (Å²) in [4.78, 5) is 0. The Hall–Kier alpha value is -0.360. The van der Waals surface area contributed by atoms with Gasteiger partial charge in [-0.25, -0.2) is 8.78 Å². The molecule has 0 aromatic rings. The maximum absolute atomic E-state index is 12.4. The number of ether oxygens (including phenoxy) is 1. The Morgan fingerprint density at radius 3 is 2.38 bits per heavy atom. The normalized spacial score (nSPS) is 14.4. The zero-order valence-corrected chi connectivity index (χ0v) is 9.61. The molecule has 0 aromatic heterocycles. The number of unbranched alkanes of at least 4 members (excludes halogenated alkanes) is 1. The van der Waals surface area contributed by atoms with Crippen molar-refractivity contribution in [1.82, 2.24) is 5.32 Å². The van der Waals surface area contributed by atoms with Crippen LogP contribution in [0.2, 0.25) is 0 Å². The summed E-state index contributed by atoms with van der Waals surface area (Å²) in [5.74, 6) is -4.03. The summed E-state index contributed by atoms with van der Waals surface area (Å²) in [6.07, 6.45) is -1.32. The van der Waals surface area contributed by atoms with Crippen molar-refractivity contribution in [2.75, 3.05) is 20.3 Å². The van der Waals surface area contributed by atoms with Crippen LogP contribution in [-0.2, 0) is 4.74 Å². The first-order valence-electron chi connectivity index (χ1n) is 5.31. The summed E-state index contributed by atoms with van der Waals surface area (Å²) >= 11 is 0. The van der Waals surface area contributed by atoms with E-state index in [0.717, 1.165) is 12.8 Å². The fraction of sp³-hybridized carbons (Fsp3) is 1.00. The van der Waals surface area contributed by atoms with Crippen LogP contribution in [0.3, 0.4) is 0 Å². The van der Waals surface area contributed by atoms with Crippen molar-refractivity contribution in [2.24, 2.45) is 0 Å². The van der Waals surface area contributed by atoms with Crippen LogP contribution >= 0.6 is 0 Å². The van der Waals surface area contributed by atoms with Gasteiger partial charge < -0.3 is 10.1 Å². The fourth-order valence-electron chi connectivity index (χ4n) is 1.07. The van der Waals surface area contributed by atoms with E-state index < -0.39 is 19.0 Å². The summed E-state index contributed by atoms with van der Waals surface area (Å²) in [7, 11) is 1.84. The summed E-state index contributed by atoms with van der Waals surface area (Å²) in [6.45, 7) is 0.900. The van der Waals surface area contributed by atoms with Crippen molar-refractivity contribution >= 4 is 0 Å². The van der Waals surface area contributed by atoms with Crippen molar-refractivity contribution in [1.29, 1.82) is 0 Å². The minimum atomic E-state index is -4.03. The van der Waals surface area contributed by atoms with Crippen LogP contribution in [0.15, 0.2) is 0 Å². The van der Waals surface area contributed by atoms with Crippen molar-refractivity contribution in [3.63, 3.8) is 0 Å². The van der Waals surface area contributed by atoms with Gasteiger partial charge in [-0.3, -0.25) is 0 Å². The molecule has 0 heterocycles. The second kappa shape index (κ2) is 7.84. The second-order valence-electron chi connectivity index (χ2n) is 3.80. The molecule has 0 saturated carbocycles. The van der Waals surface area contributed by atoms with Gasteiger partial charge in [0.05, 0.1) is 0 Å². The van der Waals surface area contributed by atoms with Crippen LogP contribution < -0.4 is 5.32 Å². The Balaban J connectivity index is 3.40. The van der Waals surface area contributed by atoms with E-state index in [1.807, 2.05) is 14.0 Å². The van der Waals surface area contributed by atoms with E-state index in [-0.39, 0.29) is 6.61 Å². The Bertz CT molecular complexity index is 178. The number of nitrogens with one attached hydrogen (secondary N) is 1. The van der Waals surface area contributed by atoms with Crippen LogP contribution in [0.25, 0.3) is 0 Å². The van der Waals surface area contributed by atoms with Crippen LogP contribution in [0, 0.1) is 0 Å². The lowest BCUT2D eigenvalue weighted by Gasteiger charge is -2.15. The van der Waals surface area contributed by atoms with Crippen molar-refractivity contribution < 1.29 is 22.3 Å². The molecule has 6 heteroatoms. The van der Waals surface area contributed by atoms with E-state index in [1.54, 1.807) is 0 Å². The minimum Gasteiger partial charge on any atom is -0.375 e. The van der Waals surface area contributed by atoms with E-state index in [4.69, 9.17) is 0 Å². The topological polar surface area (TPSA) is 21.3 Å². The van der Waals surface area contributed by atoms with Crippen molar-refractivity contribution in [3.8, 4) is 0 Å².